The van der Waals surface area contributed by atoms with Crippen molar-refractivity contribution < 1.29 is 4.74 Å². The van der Waals surface area contributed by atoms with Crippen molar-refractivity contribution in [2.75, 3.05) is 0 Å². The molecular weight excluding hydrogens is 250 g/mol. The number of hydrogen-bond donors (Lipinski definition) is 3. The van der Waals surface area contributed by atoms with E-state index in [-0.39, 0.29) is 5.84 Å². The van der Waals surface area contributed by atoms with E-state index in [0.29, 0.717) is 11.3 Å². The predicted octanol–water partition coefficient (Wildman–Crippen LogP) is 2.84. The Labute approximate surface area is 117 Å². The Bertz CT molecular complexity index is 692. The SMILES string of the molecule is N=C(N)c1cccc(Oc2cccc3c2C=CNC3)c1. The first-order valence-corrected chi connectivity index (χ1v) is 6.38. The second-order valence-corrected chi connectivity index (χ2v) is 4.59. The standard InChI is InChI=1S/C16H15N3O/c17-16(18)11-3-1-5-13(9-11)20-15-6-2-4-12-10-19-8-7-14(12)15/h1-9,19H,10H2,(H3,17,18). The highest BCUT2D eigenvalue weighted by Crippen LogP contribution is 2.30. The van der Waals surface area contributed by atoms with Gasteiger partial charge < -0.3 is 15.8 Å². The van der Waals surface area contributed by atoms with Crippen molar-refractivity contribution in [3.05, 3.63) is 65.4 Å². The van der Waals surface area contributed by atoms with Gasteiger partial charge in [-0.15, -0.1) is 0 Å². The van der Waals surface area contributed by atoms with Gasteiger partial charge in [-0.25, -0.2) is 0 Å². The van der Waals surface area contributed by atoms with Gasteiger partial charge in [0.25, 0.3) is 0 Å². The second-order valence-electron chi connectivity index (χ2n) is 4.59. The van der Waals surface area contributed by atoms with Gasteiger partial charge in [-0.2, -0.15) is 0 Å². The Morgan fingerprint density at radius 3 is 2.90 bits per heavy atom. The fourth-order valence-electron chi connectivity index (χ4n) is 2.19. The molecule has 4 N–H and O–H groups in total. The van der Waals surface area contributed by atoms with E-state index in [2.05, 4.69) is 11.4 Å². The Balaban J connectivity index is 1.94. The molecule has 0 saturated heterocycles. The summed E-state index contributed by atoms with van der Waals surface area (Å²) in [6, 6.07) is 13.2. The van der Waals surface area contributed by atoms with Gasteiger partial charge in [-0.1, -0.05) is 24.3 Å². The van der Waals surface area contributed by atoms with Crippen LogP contribution in [-0.4, -0.2) is 5.84 Å². The molecule has 2 aromatic carbocycles. The third-order valence-corrected chi connectivity index (χ3v) is 3.19. The molecule has 0 radical (unpaired) electrons. The van der Waals surface area contributed by atoms with Crippen LogP contribution in [0.15, 0.2) is 48.7 Å². The molecule has 4 heteroatoms. The average Bonchev–Trinajstić information content (AvgIpc) is 2.48. The minimum Gasteiger partial charge on any atom is -0.457 e. The minimum absolute atomic E-state index is 0.0367. The van der Waals surface area contributed by atoms with Crippen molar-refractivity contribution in [1.82, 2.24) is 5.32 Å². The number of fused-ring (bicyclic) bond motifs is 1. The highest BCUT2D eigenvalue weighted by atomic mass is 16.5. The molecule has 0 saturated carbocycles. The topological polar surface area (TPSA) is 71.1 Å². The van der Waals surface area contributed by atoms with Crippen LogP contribution in [0.2, 0.25) is 0 Å². The van der Waals surface area contributed by atoms with Crippen molar-refractivity contribution in [2.24, 2.45) is 5.73 Å². The maximum absolute atomic E-state index is 7.47. The highest BCUT2D eigenvalue weighted by molar-refractivity contribution is 5.95. The molecule has 0 aliphatic carbocycles. The normalized spacial score (nSPS) is 12.4. The van der Waals surface area contributed by atoms with E-state index in [1.807, 2.05) is 36.5 Å². The quantitative estimate of drug-likeness (QED) is 0.590. The zero-order valence-corrected chi connectivity index (χ0v) is 10.9. The van der Waals surface area contributed by atoms with E-state index in [1.54, 1.807) is 12.1 Å². The summed E-state index contributed by atoms with van der Waals surface area (Å²) in [5, 5.41) is 10.6. The summed E-state index contributed by atoms with van der Waals surface area (Å²) in [6.45, 7) is 0.802. The first-order valence-electron chi connectivity index (χ1n) is 6.38. The van der Waals surface area contributed by atoms with Gasteiger partial charge in [0.1, 0.15) is 17.3 Å². The Kier molecular flexibility index (Phi) is 3.13. The number of nitrogens with one attached hydrogen (secondary N) is 2. The van der Waals surface area contributed by atoms with Gasteiger partial charge in [0, 0.05) is 17.7 Å². The molecule has 4 nitrogen and oxygen atoms in total. The van der Waals surface area contributed by atoms with Crippen LogP contribution in [0.1, 0.15) is 16.7 Å². The van der Waals surface area contributed by atoms with E-state index in [4.69, 9.17) is 15.9 Å². The Morgan fingerprint density at radius 1 is 1.20 bits per heavy atom. The first kappa shape index (κ1) is 12.3. The Morgan fingerprint density at radius 2 is 2.05 bits per heavy atom. The molecule has 0 fully saturated rings. The molecule has 0 spiro atoms. The van der Waals surface area contributed by atoms with Gasteiger partial charge >= 0.3 is 0 Å². The molecule has 2 aromatic rings. The molecule has 1 aliphatic heterocycles. The lowest BCUT2D eigenvalue weighted by Crippen LogP contribution is -2.11. The molecule has 100 valence electrons. The van der Waals surface area contributed by atoms with Gasteiger partial charge in [-0.3, -0.25) is 5.41 Å². The van der Waals surface area contributed by atoms with Crippen LogP contribution in [0, 0.1) is 5.41 Å². The largest absolute Gasteiger partial charge is 0.457 e. The van der Waals surface area contributed by atoms with Crippen LogP contribution in [0.3, 0.4) is 0 Å². The van der Waals surface area contributed by atoms with Crippen LogP contribution in [0.5, 0.6) is 11.5 Å². The van der Waals surface area contributed by atoms with Crippen molar-refractivity contribution in [3.8, 4) is 11.5 Å². The third-order valence-electron chi connectivity index (χ3n) is 3.19. The molecule has 0 bridgehead atoms. The summed E-state index contributed by atoms with van der Waals surface area (Å²) in [6.07, 6.45) is 3.92. The average molecular weight is 265 g/mol. The van der Waals surface area contributed by atoms with Crippen LogP contribution in [0.25, 0.3) is 6.08 Å². The molecule has 0 unspecified atom stereocenters. The van der Waals surface area contributed by atoms with Crippen molar-refractivity contribution >= 4 is 11.9 Å². The monoisotopic (exact) mass is 265 g/mol. The van der Waals surface area contributed by atoms with Gasteiger partial charge in [0.05, 0.1) is 0 Å². The van der Waals surface area contributed by atoms with E-state index < -0.39 is 0 Å². The highest BCUT2D eigenvalue weighted by Gasteiger charge is 2.10. The predicted molar refractivity (Wildman–Crippen MR) is 79.8 cm³/mol. The summed E-state index contributed by atoms with van der Waals surface area (Å²) in [5.74, 6) is 1.52. The third kappa shape index (κ3) is 2.36. The van der Waals surface area contributed by atoms with Crippen LogP contribution in [0.4, 0.5) is 0 Å². The Hall–Kier alpha value is -2.75. The molecule has 3 rings (SSSR count). The molecule has 20 heavy (non-hydrogen) atoms. The van der Waals surface area contributed by atoms with Crippen LogP contribution < -0.4 is 15.8 Å². The summed E-state index contributed by atoms with van der Waals surface area (Å²) >= 11 is 0. The summed E-state index contributed by atoms with van der Waals surface area (Å²) in [4.78, 5) is 0. The first-order chi connectivity index (χ1) is 9.74. The maximum atomic E-state index is 7.47. The maximum Gasteiger partial charge on any atom is 0.135 e. The second kappa shape index (κ2) is 5.09. The fourth-order valence-corrected chi connectivity index (χ4v) is 2.19. The number of rotatable bonds is 3. The van der Waals surface area contributed by atoms with E-state index in [1.165, 1.54) is 5.56 Å². The molecular formula is C16H15N3O. The lowest BCUT2D eigenvalue weighted by molar-refractivity contribution is 0.480. The molecule has 0 aromatic heterocycles. The van der Waals surface area contributed by atoms with Gasteiger partial charge in [0.15, 0.2) is 0 Å². The van der Waals surface area contributed by atoms with E-state index >= 15 is 0 Å². The molecule has 1 heterocycles. The smallest absolute Gasteiger partial charge is 0.135 e. The number of nitrogen functional groups attached to an aromatic ring is 1. The van der Waals surface area contributed by atoms with Crippen molar-refractivity contribution in [3.63, 3.8) is 0 Å². The lowest BCUT2D eigenvalue weighted by Gasteiger charge is -2.16. The summed E-state index contributed by atoms with van der Waals surface area (Å²) < 4.78 is 5.94. The van der Waals surface area contributed by atoms with Crippen molar-refractivity contribution in [2.45, 2.75) is 6.54 Å². The minimum atomic E-state index is 0.0367. The summed E-state index contributed by atoms with van der Waals surface area (Å²) in [5.41, 5.74) is 8.44. The number of amidine groups is 1. The van der Waals surface area contributed by atoms with E-state index in [9.17, 15) is 0 Å². The number of benzene rings is 2. The zero-order valence-electron chi connectivity index (χ0n) is 10.9. The summed E-state index contributed by atoms with van der Waals surface area (Å²) in [7, 11) is 0. The number of hydrogen-bond acceptors (Lipinski definition) is 3. The van der Waals surface area contributed by atoms with E-state index in [0.717, 1.165) is 17.9 Å². The number of nitrogens with two attached hydrogens (primary N) is 1. The fraction of sp³-hybridized carbons (Fsp3) is 0.0625. The van der Waals surface area contributed by atoms with Crippen LogP contribution in [-0.2, 0) is 6.54 Å². The number of ether oxygens (including phenoxy) is 1. The van der Waals surface area contributed by atoms with Gasteiger partial charge in [-0.05, 0) is 36.0 Å². The van der Waals surface area contributed by atoms with Crippen LogP contribution >= 0.6 is 0 Å². The lowest BCUT2D eigenvalue weighted by atomic mass is 10.0. The van der Waals surface area contributed by atoms with Gasteiger partial charge in [0.2, 0.25) is 0 Å². The zero-order chi connectivity index (χ0) is 13.9. The van der Waals surface area contributed by atoms with Crippen molar-refractivity contribution in [1.29, 1.82) is 5.41 Å². The molecule has 0 atom stereocenters. The molecule has 0 amide bonds. The molecule has 1 aliphatic rings.